The van der Waals surface area contributed by atoms with Crippen LogP contribution < -0.4 is 15.0 Å². The fraction of sp³-hybridized carbons (Fsp3) is 0.214. The second kappa shape index (κ2) is 6.85. The van der Waals surface area contributed by atoms with E-state index in [-0.39, 0.29) is 11.9 Å². The lowest BCUT2D eigenvalue weighted by molar-refractivity contribution is -0.111. The first-order valence-corrected chi connectivity index (χ1v) is 7.09. The van der Waals surface area contributed by atoms with Gasteiger partial charge in [-0.15, -0.1) is 11.3 Å². The molecule has 0 aliphatic heterocycles. The van der Waals surface area contributed by atoms with Gasteiger partial charge in [-0.25, -0.2) is 4.98 Å². The fourth-order valence-corrected chi connectivity index (χ4v) is 2.22. The third-order valence-corrected chi connectivity index (χ3v) is 3.39. The van der Waals surface area contributed by atoms with E-state index in [1.807, 2.05) is 31.6 Å². The number of anilines is 2. The number of carbonyl (C=O) groups excluding carboxylic acids is 1. The molecule has 0 bridgehead atoms. The molecule has 2 aromatic heterocycles. The largest absolute Gasteiger partial charge is 0.467 e. The van der Waals surface area contributed by atoms with E-state index in [0.717, 1.165) is 4.88 Å². The SMILES string of the molecule is COc1ncc(NC(=O)/C=C/c2cccs2)c(N(C)C)n1. The fourth-order valence-electron chi connectivity index (χ4n) is 1.60. The molecule has 6 nitrogen and oxygen atoms in total. The number of ether oxygens (including phenoxy) is 1. The van der Waals surface area contributed by atoms with E-state index >= 15 is 0 Å². The average molecular weight is 304 g/mol. The van der Waals surface area contributed by atoms with Gasteiger partial charge in [-0.1, -0.05) is 6.07 Å². The van der Waals surface area contributed by atoms with Crippen molar-refractivity contribution in [3.05, 3.63) is 34.7 Å². The maximum atomic E-state index is 11.9. The van der Waals surface area contributed by atoms with Crippen molar-refractivity contribution in [1.29, 1.82) is 0 Å². The quantitative estimate of drug-likeness (QED) is 0.858. The molecule has 0 aromatic carbocycles. The zero-order valence-electron chi connectivity index (χ0n) is 12.0. The van der Waals surface area contributed by atoms with E-state index in [1.165, 1.54) is 19.4 Å². The minimum absolute atomic E-state index is 0.236. The molecule has 2 heterocycles. The van der Waals surface area contributed by atoms with Crippen molar-refractivity contribution >= 4 is 34.8 Å². The summed E-state index contributed by atoms with van der Waals surface area (Å²) in [6.45, 7) is 0. The molecular formula is C14H16N4O2S. The Morgan fingerprint density at radius 3 is 2.90 bits per heavy atom. The predicted molar refractivity (Wildman–Crippen MR) is 84.9 cm³/mol. The van der Waals surface area contributed by atoms with Gasteiger partial charge < -0.3 is 15.0 Å². The first-order chi connectivity index (χ1) is 10.1. The lowest BCUT2D eigenvalue weighted by Crippen LogP contribution is -2.17. The lowest BCUT2D eigenvalue weighted by Gasteiger charge is -2.16. The molecule has 0 aliphatic rings. The van der Waals surface area contributed by atoms with Gasteiger partial charge in [0.1, 0.15) is 5.69 Å². The summed E-state index contributed by atoms with van der Waals surface area (Å²) in [5, 5.41) is 4.72. The van der Waals surface area contributed by atoms with E-state index < -0.39 is 0 Å². The first kappa shape index (κ1) is 15.0. The molecule has 0 radical (unpaired) electrons. The zero-order chi connectivity index (χ0) is 15.2. The Hall–Kier alpha value is -2.41. The Morgan fingerprint density at radius 1 is 1.48 bits per heavy atom. The number of rotatable bonds is 5. The number of carbonyl (C=O) groups is 1. The van der Waals surface area contributed by atoms with Crippen molar-refractivity contribution < 1.29 is 9.53 Å². The number of hydrogen-bond donors (Lipinski definition) is 1. The molecule has 1 N–H and O–H groups in total. The van der Waals surface area contributed by atoms with Gasteiger partial charge in [-0.2, -0.15) is 4.98 Å². The first-order valence-electron chi connectivity index (χ1n) is 6.21. The van der Waals surface area contributed by atoms with Crippen LogP contribution in [0.1, 0.15) is 4.88 Å². The summed E-state index contributed by atoms with van der Waals surface area (Å²) in [5.74, 6) is 0.347. The Kier molecular flexibility index (Phi) is 4.89. The summed E-state index contributed by atoms with van der Waals surface area (Å²) < 4.78 is 4.99. The van der Waals surface area contributed by atoms with Gasteiger partial charge in [-0.3, -0.25) is 4.79 Å². The van der Waals surface area contributed by atoms with Crippen LogP contribution in [0.5, 0.6) is 6.01 Å². The number of hydrogen-bond acceptors (Lipinski definition) is 6. The van der Waals surface area contributed by atoms with Crippen LogP contribution in [0.2, 0.25) is 0 Å². The van der Waals surface area contributed by atoms with Crippen molar-refractivity contribution in [1.82, 2.24) is 9.97 Å². The molecule has 0 fully saturated rings. The maximum Gasteiger partial charge on any atom is 0.318 e. The molecule has 21 heavy (non-hydrogen) atoms. The van der Waals surface area contributed by atoms with Crippen molar-refractivity contribution in [2.45, 2.75) is 0 Å². The molecule has 0 aliphatic carbocycles. The highest BCUT2D eigenvalue weighted by Crippen LogP contribution is 2.22. The molecular weight excluding hydrogens is 288 g/mol. The summed E-state index contributed by atoms with van der Waals surface area (Å²) >= 11 is 1.57. The van der Waals surface area contributed by atoms with E-state index in [9.17, 15) is 4.79 Å². The van der Waals surface area contributed by atoms with Gasteiger partial charge in [0.05, 0.1) is 13.3 Å². The van der Waals surface area contributed by atoms with Crippen LogP contribution in [0.3, 0.4) is 0 Å². The topological polar surface area (TPSA) is 67.3 Å². The number of thiophene rings is 1. The number of aromatic nitrogens is 2. The molecule has 2 aromatic rings. The molecule has 2 rings (SSSR count). The minimum Gasteiger partial charge on any atom is -0.467 e. The summed E-state index contributed by atoms with van der Waals surface area (Å²) in [5.41, 5.74) is 0.529. The normalized spacial score (nSPS) is 10.6. The van der Waals surface area contributed by atoms with Gasteiger partial charge in [0.15, 0.2) is 5.82 Å². The summed E-state index contributed by atoms with van der Waals surface area (Å²) in [4.78, 5) is 23.0. The van der Waals surface area contributed by atoms with Crippen LogP contribution in [0, 0.1) is 0 Å². The van der Waals surface area contributed by atoms with E-state index in [4.69, 9.17) is 4.74 Å². The van der Waals surface area contributed by atoms with Gasteiger partial charge in [0.25, 0.3) is 0 Å². The summed E-state index contributed by atoms with van der Waals surface area (Å²) in [6, 6.07) is 4.13. The van der Waals surface area contributed by atoms with Crippen LogP contribution in [-0.4, -0.2) is 37.1 Å². The third-order valence-electron chi connectivity index (χ3n) is 2.55. The Balaban J connectivity index is 2.13. The summed E-state index contributed by atoms with van der Waals surface area (Å²) in [7, 11) is 5.16. The minimum atomic E-state index is -0.236. The monoisotopic (exact) mass is 304 g/mol. The van der Waals surface area contributed by atoms with Gasteiger partial charge in [-0.05, 0) is 17.5 Å². The van der Waals surface area contributed by atoms with Crippen LogP contribution in [0.4, 0.5) is 11.5 Å². The van der Waals surface area contributed by atoms with Gasteiger partial charge in [0.2, 0.25) is 5.91 Å². The number of nitrogens with zero attached hydrogens (tertiary/aromatic N) is 3. The Bertz CT molecular complexity index is 638. The van der Waals surface area contributed by atoms with Crippen LogP contribution in [0.25, 0.3) is 6.08 Å². The van der Waals surface area contributed by atoms with Crippen molar-refractivity contribution in [3.63, 3.8) is 0 Å². The number of amides is 1. The van der Waals surface area contributed by atoms with E-state index in [2.05, 4.69) is 15.3 Å². The van der Waals surface area contributed by atoms with Gasteiger partial charge in [0, 0.05) is 25.0 Å². The second-order valence-corrected chi connectivity index (χ2v) is 5.31. The predicted octanol–water partition coefficient (Wildman–Crippen LogP) is 2.26. The average Bonchev–Trinajstić information content (AvgIpc) is 2.98. The third kappa shape index (κ3) is 4.03. The standard InChI is InChI=1S/C14H16N4O2S/c1-18(2)13-11(9-15-14(17-13)20-3)16-12(19)7-6-10-5-4-8-21-10/h4-9H,1-3H3,(H,16,19)/b7-6+. The maximum absolute atomic E-state index is 11.9. The van der Waals surface area contributed by atoms with Crippen LogP contribution >= 0.6 is 11.3 Å². The van der Waals surface area contributed by atoms with Gasteiger partial charge >= 0.3 is 6.01 Å². The summed E-state index contributed by atoms with van der Waals surface area (Å²) in [6.07, 6.45) is 4.77. The molecule has 0 atom stereocenters. The zero-order valence-corrected chi connectivity index (χ0v) is 12.8. The number of nitrogens with one attached hydrogen (secondary N) is 1. The van der Waals surface area contributed by atoms with E-state index in [1.54, 1.807) is 22.3 Å². The Labute approximate surface area is 127 Å². The van der Waals surface area contributed by atoms with Crippen molar-refractivity contribution in [3.8, 4) is 6.01 Å². The van der Waals surface area contributed by atoms with E-state index in [0.29, 0.717) is 11.5 Å². The van der Waals surface area contributed by atoms with Crippen LogP contribution in [-0.2, 0) is 4.79 Å². The molecule has 0 spiro atoms. The second-order valence-electron chi connectivity index (χ2n) is 4.33. The smallest absolute Gasteiger partial charge is 0.318 e. The lowest BCUT2D eigenvalue weighted by atomic mass is 10.3. The molecule has 0 saturated heterocycles. The molecule has 7 heteroatoms. The van der Waals surface area contributed by atoms with Crippen molar-refractivity contribution in [2.75, 3.05) is 31.4 Å². The highest BCUT2D eigenvalue weighted by molar-refractivity contribution is 7.10. The molecule has 1 amide bonds. The molecule has 0 unspecified atom stereocenters. The van der Waals surface area contributed by atoms with Crippen molar-refractivity contribution in [2.24, 2.45) is 0 Å². The van der Waals surface area contributed by atoms with Crippen LogP contribution in [0.15, 0.2) is 29.8 Å². The Morgan fingerprint density at radius 2 is 2.29 bits per heavy atom. The molecule has 0 saturated carbocycles. The molecule has 110 valence electrons. The number of methoxy groups -OCH3 is 1. The highest BCUT2D eigenvalue weighted by atomic mass is 32.1. The highest BCUT2D eigenvalue weighted by Gasteiger charge is 2.11.